The number of para-hydroxylation sites is 2. The third-order valence-electron chi connectivity index (χ3n) is 2.53. The van der Waals surface area contributed by atoms with Gasteiger partial charge in [0.25, 0.3) is 0 Å². The molecule has 1 heterocycles. The highest BCUT2D eigenvalue weighted by molar-refractivity contribution is 7.98. The van der Waals surface area contributed by atoms with Crippen molar-refractivity contribution in [2.24, 2.45) is 5.92 Å². The zero-order chi connectivity index (χ0) is 12.3. The minimum absolute atomic E-state index is 0.730. The summed E-state index contributed by atoms with van der Waals surface area (Å²) in [6.45, 7) is 6.53. The maximum atomic E-state index is 4.69. The average molecular weight is 246 g/mol. The Hall–Kier alpha value is -1.09. The van der Waals surface area contributed by atoms with Crippen LogP contribution in [-0.2, 0) is 5.75 Å². The molecule has 0 N–H and O–H groups in total. The fourth-order valence-corrected chi connectivity index (χ4v) is 2.71. The number of fused-ring (bicyclic) bond motifs is 1. The van der Waals surface area contributed by atoms with Gasteiger partial charge in [-0.2, -0.15) is 11.8 Å². The van der Waals surface area contributed by atoms with Crippen LogP contribution in [0.2, 0.25) is 0 Å². The molecule has 1 aromatic carbocycles. The number of aromatic nitrogens is 2. The Labute approximate surface area is 107 Å². The highest BCUT2D eigenvalue weighted by Gasteiger charge is 2.05. The molecule has 0 amide bonds. The minimum atomic E-state index is 0.730. The predicted octanol–water partition coefficient (Wildman–Crippen LogP) is 3.83. The lowest BCUT2D eigenvalue weighted by Gasteiger charge is -2.07. The smallest absolute Gasteiger partial charge is 0.0890 e. The Bertz CT molecular complexity index is 509. The van der Waals surface area contributed by atoms with Crippen molar-refractivity contribution >= 4 is 22.8 Å². The van der Waals surface area contributed by atoms with Crippen molar-refractivity contribution in [1.82, 2.24) is 9.97 Å². The van der Waals surface area contributed by atoms with Gasteiger partial charge in [-0.15, -0.1) is 0 Å². The SMILES string of the molecule is Cc1nc2ccccc2nc1CSCC(C)C. The zero-order valence-electron chi connectivity index (χ0n) is 10.6. The lowest BCUT2D eigenvalue weighted by molar-refractivity contribution is 0.750. The predicted molar refractivity (Wildman–Crippen MR) is 75.3 cm³/mol. The van der Waals surface area contributed by atoms with Crippen LogP contribution < -0.4 is 0 Å². The molecule has 2 nitrogen and oxygen atoms in total. The van der Waals surface area contributed by atoms with Gasteiger partial charge in [-0.1, -0.05) is 26.0 Å². The molecule has 2 aromatic rings. The molecule has 0 atom stereocenters. The second-order valence-electron chi connectivity index (χ2n) is 4.65. The Morgan fingerprint density at radius 2 is 1.76 bits per heavy atom. The van der Waals surface area contributed by atoms with Gasteiger partial charge in [0.2, 0.25) is 0 Å². The molecule has 0 aliphatic carbocycles. The third-order valence-corrected chi connectivity index (χ3v) is 3.91. The van der Waals surface area contributed by atoms with Crippen molar-refractivity contribution in [3.05, 3.63) is 35.7 Å². The van der Waals surface area contributed by atoms with Gasteiger partial charge in [-0.25, -0.2) is 9.97 Å². The molecule has 0 unspecified atom stereocenters. The summed E-state index contributed by atoms with van der Waals surface area (Å²) in [7, 11) is 0. The summed E-state index contributed by atoms with van der Waals surface area (Å²) in [5.74, 6) is 2.87. The van der Waals surface area contributed by atoms with Gasteiger partial charge in [0.1, 0.15) is 0 Å². The molecule has 90 valence electrons. The van der Waals surface area contributed by atoms with E-state index in [1.807, 2.05) is 43.0 Å². The number of thioether (sulfide) groups is 1. The summed E-state index contributed by atoms with van der Waals surface area (Å²) in [5, 5.41) is 0. The van der Waals surface area contributed by atoms with E-state index in [9.17, 15) is 0 Å². The highest BCUT2D eigenvalue weighted by Crippen LogP contribution is 2.18. The van der Waals surface area contributed by atoms with E-state index < -0.39 is 0 Å². The van der Waals surface area contributed by atoms with Gasteiger partial charge in [0.15, 0.2) is 0 Å². The van der Waals surface area contributed by atoms with E-state index in [4.69, 9.17) is 0 Å². The van der Waals surface area contributed by atoms with E-state index in [0.717, 1.165) is 34.1 Å². The monoisotopic (exact) mass is 246 g/mol. The Morgan fingerprint density at radius 1 is 1.12 bits per heavy atom. The van der Waals surface area contributed by atoms with Gasteiger partial charge < -0.3 is 0 Å². The normalized spacial score (nSPS) is 11.3. The second kappa shape index (κ2) is 5.50. The molecule has 0 saturated heterocycles. The number of hydrogen-bond acceptors (Lipinski definition) is 3. The van der Waals surface area contributed by atoms with Crippen LogP contribution in [0.3, 0.4) is 0 Å². The summed E-state index contributed by atoms with van der Waals surface area (Å²) in [4.78, 5) is 9.29. The summed E-state index contributed by atoms with van der Waals surface area (Å²) in [6.07, 6.45) is 0. The lowest BCUT2D eigenvalue weighted by Crippen LogP contribution is -1.99. The summed E-state index contributed by atoms with van der Waals surface area (Å²) in [5.41, 5.74) is 4.16. The molecule has 0 aliphatic rings. The average Bonchev–Trinajstić information content (AvgIpc) is 2.29. The lowest BCUT2D eigenvalue weighted by atomic mass is 10.2. The van der Waals surface area contributed by atoms with E-state index in [1.165, 1.54) is 5.75 Å². The maximum Gasteiger partial charge on any atom is 0.0890 e. The molecular formula is C14H18N2S. The standard InChI is InChI=1S/C14H18N2S/c1-10(2)8-17-9-14-11(3)15-12-6-4-5-7-13(12)16-14/h4-7,10H,8-9H2,1-3H3. The molecular weight excluding hydrogens is 228 g/mol. The maximum absolute atomic E-state index is 4.69. The van der Waals surface area contributed by atoms with Crippen LogP contribution in [0.1, 0.15) is 25.2 Å². The number of hydrogen-bond donors (Lipinski definition) is 0. The van der Waals surface area contributed by atoms with Crippen LogP contribution in [0, 0.1) is 12.8 Å². The molecule has 2 rings (SSSR count). The fraction of sp³-hybridized carbons (Fsp3) is 0.429. The van der Waals surface area contributed by atoms with E-state index >= 15 is 0 Å². The quantitative estimate of drug-likeness (QED) is 0.820. The van der Waals surface area contributed by atoms with Gasteiger partial charge in [-0.05, 0) is 30.7 Å². The van der Waals surface area contributed by atoms with Crippen LogP contribution in [0.4, 0.5) is 0 Å². The number of benzene rings is 1. The molecule has 17 heavy (non-hydrogen) atoms. The second-order valence-corrected chi connectivity index (χ2v) is 5.68. The number of aryl methyl sites for hydroxylation is 1. The van der Waals surface area contributed by atoms with Gasteiger partial charge in [0.05, 0.1) is 22.4 Å². The number of nitrogens with zero attached hydrogens (tertiary/aromatic N) is 2. The summed E-state index contributed by atoms with van der Waals surface area (Å²) in [6, 6.07) is 8.06. The molecule has 0 radical (unpaired) electrons. The first-order valence-electron chi connectivity index (χ1n) is 5.97. The Kier molecular flexibility index (Phi) is 4.00. The van der Waals surface area contributed by atoms with Crippen LogP contribution in [-0.4, -0.2) is 15.7 Å². The molecule has 0 bridgehead atoms. The molecule has 0 saturated carbocycles. The van der Waals surface area contributed by atoms with Crippen molar-refractivity contribution in [2.45, 2.75) is 26.5 Å². The van der Waals surface area contributed by atoms with E-state index in [2.05, 4.69) is 23.8 Å². The van der Waals surface area contributed by atoms with E-state index in [1.54, 1.807) is 0 Å². The van der Waals surface area contributed by atoms with E-state index in [0.29, 0.717) is 0 Å². The van der Waals surface area contributed by atoms with Crippen LogP contribution in [0.25, 0.3) is 11.0 Å². The molecule has 1 aromatic heterocycles. The number of rotatable bonds is 4. The Balaban J connectivity index is 2.19. The molecule has 3 heteroatoms. The van der Waals surface area contributed by atoms with Gasteiger partial charge in [0, 0.05) is 5.75 Å². The summed E-state index contributed by atoms with van der Waals surface area (Å²) >= 11 is 1.93. The minimum Gasteiger partial charge on any atom is -0.250 e. The van der Waals surface area contributed by atoms with E-state index in [-0.39, 0.29) is 0 Å². The van der Waals surface area contributed by atoms with Gasteiger partial charge >= 0.3 is 0 Å². The molecule has 0 fully saturated rings. The van der Waals surface area contributed by atoms with Gasteiger partial charge in [-0.3, -0.25) is 0 Å². The van der Waals surface area contributed by atoms with Crippen molar-refractivity contribution < 1.29 is 0 Å². The van der Waals surface area contributed by atoms with Crippen LogP contribution in [0.15, 0.2) is 24.3 Å². The van der Waals surface area contributed by atoms with Crippen LogP contribution >= 0.6 is 11.8 Å². The van der Waals surface area contributed by atoms with Crippen molar-refractivity contribution in [1.29, 1.82) is 0 Å². The Morgan fingerprint density at radius 3 is 2.41 bits per heavy atom. The van der Waals surface area contributed by atoms with Crippen molar-refractivity contribution in [3.63, 3.8) is 0 Å². The first-order valence-corrected chi connectivity index (χ1v) is 7.12. The largest absolute Gasteiger partial charge is 0.250 e. The molecule has 0 spiro atoms. The fourth-order valence-electron chi connectivity index (χ4n) is 1.65. The third kappa shape index (κ3) is 3.19. The first-order chi connectivity index (χ1) is 8.16. The first kappa shape index (κ1) is 12.4. The highest BCUT2D eigenvalue weighted by atomic mass is 32.2. The zero-order valence-corrected chi connectivity index (χ0v) is 11.4. The molecule has 0 aliphatic heterocycles. The van der Waals surface area contributed by atoms with Crippen molar-refractivity contribution in [2.75, 3.05) is 5.75 Å². The summed E-state index contributed by atoms with van der Waals surface area (Å²) < 4.78 is 0. The van der Waals surface area contributed by atoms with Crippen LogP contribution in [0.5, 0.6) is 0 Å². The topological polar surface area (TPSA) is 25.8 Å². The van der Waals surface area contributed by atoms with Crippen molar-refractivity contribution in [3.8, 4) is 0 Å².